The molecule has 31 heavy (non-hydrogen) atoms. The van der Waals surface area contributed by atoms with Crippen LogP contribution in [-0.2, 0) is 14.3 Å². The van der Waals surface area contributed by atoms with Crippen LogP contribution in [0, 0.1) is 0 Å². The van der Waals surface area contributed by atoms with E-state index in [1.54, 1.807) is 7.11 Å². The first kappa shape index (κ1) is 22.7. The van der Waals surface area contributed by atoms with Crippen molar-refractivity contribution in [3.05, 3.63) is 64.2 Å². The molecule has 1 amide bonds. The van der Waals surface area contributed by atoms with Gasteiger partial charge in [0.15, 0.2) is 0 Å². The molecule has 0 bridgehead atoms. The highest BCUT2D eigenvalue weighted by Crippen LogP contribution is 2.43. The number of ether oxygens (including phenoxy) is 3. The summed E-state index contributed by atoms with van der Waals surface area (Å²) >= 11 is 6.17. The van der Waals surface area contributed by atoms with Crippen molar-refractivity contribution in [2.24, 2.45) is 0 Å². The fraction of sp³-hybridized carbons (Fsp3) is 0.304. The van der Waals surface area contributed by atoms with Crippen molar-refractivity contribution in [1.82, 2.24) is 4.90 Å². The van der Waals surface area contributed by atoms with Crippen molar-refractivity contribution in [3.8, 4) is 11.5 Å². The van der Waals surface area contributed by atoms with Gasteiger partial charge in [-0.25, -0.2) is 0 Å². The van der Waals surface area contributed by atoms with Gasteiger partial charge in [-0.1, -0.05) is 41.9 Å². The second kappa shape index (κ2) is 9.85. The van der Waals surface area contributed by atoms with Crippen molar-refractivity contribution in [3.63, 3.8) is 0 Å². The second-order valence-electron chi connectivity index (χ2n) is 6.94. The van der Waals surface area contributed by atoms with Gasteiger partial charge in [0, 0.05) is 26.3 Å². The third-order valence-corrected chi connectivity index (χ3v) is 5.43. The maximum atomic E-state index is 13.0. The summed E-state index contributed by atoms with van der Waals surface area (Å²) in [5.41, 5.74) is 0.899. The molecule has 164 valence electrons. The maximum Gasteiger partial charge on any atom is 0.295 e. The van der Waals surface area contributed by atoms with E-state index in [9.17, 15) is 14.7 Å². The lowest BCUT2D eigenvalue weighted by molar-refractivity contribution is -0.140. The minimum atomic E-state index is -0.764. The van der Waals surface area contributed by atoms with Gasteiger partial charge in [-0.2, -0.15) is 0 Å². The fourth-order valence-electron chi connectivity index (χ4n) is 3.66. The van der Waals surface area contributed by atoms with Crippen molar-refractivity contribution >= 4 is 29.1 Å². The number of Topliss-reactive ketones (excluding diaryl/α,β-unsaturated/α-hetero) is 1. The largest absolute Gasteiger partial charge is 0.507 e. The van der Waals surface area contributed by atoms with E-state index in [0.29, 0.717) is 30.9 Å². The summed E-state index contributed by atoms with van der Waals surface area (Å²) < 4.78 is 15.7. The number of nitrogens with zero attached hydrogens (tertiary/aromatic N) is 1. The van der Waals surface area contributed by atoms with Gasteiger partial charge in [-0.3, -0.25) is 9.59 Å². The van der Waals surface area contributed by atoms with E-state index in [-0.39, 0.29) is 27.7 Å². The Bertz CT molecular complexity index is 1000. The lowest BCUT2D eigenvalue weighted by atomic mass is 9.95. The van der Waals surface area contributed by atoms with E-state index in [4.69, 9.17) is 25.8 Å². The predicted octanol–water partition coefficient (Wildman–Crippen LogP) is 3.82. The van der Waals surface area contributed by atoms with Gasteiger partial charge in [-0.15, -0.1) is 0 Å². The molecule has 1 heterocycles. The van der Waals surface area contributed by atoms with Crippen LogP contribution >= 0.6 is 11.6 Å². The molecule has 0 aromatic heterocycles. The number of aliphatic hydroxyl groups excluding tert-OH is 1. The average molecular weight is 446 g/mol. The topological polar surface area (TPSA) is 85.3 Å². The van der Waals surface area contributed by atoms with Gasteiger partial charge in [-0.05, 0) is 18.1 Å². The zero-order valence-corrected chi connectivity index (χ0v) is 18.3. The first-order valence-corrected chi connectivity index (χ1v) is 10.1. The van der Waals surface area contributed by atoms with Crippen molar-refractivity contribution in [2.45, 2.75) is 12.5 Å². The van der Waals surface area contributed by atoms with Gasteiger partial charge < -0.3 is 24.2 Å². The molecule has 2 aromatic rings. The molecule has 0 spiro atoms. The normalized spacial score (nSPS) is 17.8. The van der Waals surface area contributed by atoms with Gasteiger partial charge in [0.25, 0.3) is 11.7 Å². The standard InChI is InChI=1S/C23H24ClNO6/c1-29-11-7-10-25-20(14-8-5-4-6-9-14)19(22(27)23(25)28)21(26)15-12-18(31-3)16(24)13-17(15)30-2/h4-6,8-9,12-13,20,26H,7,10-11H2,1-3H3/b21-19+. The van der Waals surface area contributed by atoms with Crippen LogP contribution in [-0.4, -0.2) is 56.2 Å². The smallest absolute Gasteiger partial charge is 0.295 e. The fourth-order valence-corrected chi connectivity index (χ4v) is 3.89. The van der Waals surface area contributed by atoms with E-state index in [0.717, 1.165) is 0 Å². The Labute approximate surface area is 185 Å². The van der Waals surface area contributed by atoms with Crippen LogP contribution in [0.15, 0.2) is 48.0 Å². The molecule has 0 radical (unpaired) electrons. The van der Waals surface area contributed by atoms with E-state index in [2.05, 4.69) is 0 Å². The molecule has 7 nitrogen and oxygen atoms in total. The summed E-state index contributed by atoms with van der Waals surface area (Å²) in [6.07, 6.45) is 0.547. The molecule has 8 heteroatoms. The summed E-state index contributed by atoms with van der Waals surface area (Å²) in [5, 5.41) is 11.5. The van der Waals surface area contributed by atoms with Crippen LogP contribution in [0.1, 0.15) is 23.6 Å². The highest BCUT2D eigenvalue weighted by Gasteiger charge is 2.46. The monoisotopic (exact) mass is 445 g/mol. The van der Waals surface area contributed by atoms with Crippen molar-refractivity contribution in [2.75, 3.05) is 34.5 Å². The summed E-state index contributed by atoms with van der Waals surface area (Å²) in [6.45, 7) is 0.739. The quantitative estimate of drug-likeness (QED) is 0.288. The van der Waals surface area contributed by atoms with Gasteiger partial charge >= 0.3 is 0 Å². The summed E-state index contributed by atoms with van der Waals surface area (Å²) in [7, 11) is 4.44. The Morgan fingerprint density at radius 1 is 1.06 bits per heavy atom. The molecule has 2 aromatic carbocycles. The number of benzene rings is 2. The summed E-state index contributed by atoms with van der Waals surface area (Å²) in [6, 6.07) is 11.3. The number of carbonyl (C=O) groups excluding carboxylic acids is 2. The first-order chi connectivity index (χ1) is 14.9. The Morgan fingerprint density at radius 2 is 1.74 bits per heavy atom. The van der Waals surface area contributed by atoms with Crippen LogP contribution in [0.5, 0.6) is 11.5 Å². The Morgan fingerprint density at radius 3 is 2.35 bits per heavy atom. The molecule has 3 rings (SSSR count). The number of ketones is 1. The Hall–Kier alpha value is -3.03. The van der Waals surface area contributed by atoms with Gasteiger partial charge in [0.1, 0.15) is 17.3 Å². The Kier molecular flexibility index (Phi) is 7.20. The number of carbonyl (C=O) groups is 2. The predicted molar refractivity (Wildman–Crippen MR) is 117 cm³/mol. The molecule has 0 aliphatic carbocycles. The third-order valence-electron chi connectivity index (χ3n) is 5.13. The minimum Gasteiger partial charge on any atom is -0.507 e. The van der Waals surface area contributed by atoms with Crippen LogP contribution in [0.2, 0.25) is 5.02 Å². The molecular formula is C23H24ClNO6. The second-order valence-corrected chi connectivity index (χ2v) is 7.34. The van der Waals surface area contributed by atoms with E-state index in [1.165, 1.54) is 31.3 Å². The molecule has 1 saturated heterocycles. The van der Waals surface area contributed by atoms with Crippen LogP contribution in [0.4, 0.5) is 0 Å². The zero-order chi connectivity index (χ0) is 22.5. The summed E-state index contributed by atoms with van der Waals surface area (Å²) in [4.78, 5) is 27.4. The highest BCUT2D eigenvalue weighted by molar-refractivity contribution is 6.46. The first-order valence-electron chi connectivity index (χ1n) is 9.68. The molecule has 1 fully saturated rings. The van der Waals surface area contributed by atoms with Gasteiger partial charge in [0.2, 0.25) is 0 Å². The lowest BCUT2D eigenvalue weighted by Gasteiger charge is -2.25. The molecule has 1 aliphatic rings. The lowest BCUT2D eigenvalue weighted by Crippen LogP contribution is -2.31. The van der Waals surface area contributed by atoms with Gasteiger partial charge in [0.05, 0.1) is 36.4 Å². The van der Waals surface area contributed by atoms with E-state index < -0.39 is 17.7 Å². The summed E-state index contributed by atoms with van der Waals surface area (Å²) in [5.74, 6) is -1.24. The number of hydrogen-bond donors (Lipinski definition) is 1. The maximum absolute atomic E-state index is 13.0. The van der Waals surface area contributed by atoms with Crippen molar-refractivity contribution in [1.29, 1.82) is 0 Å². The number of rotatable bonds is 8. The highest BCUT2D eigenvalue weighted by atomic mass is 35.5. The number of aliphatic hydroxyl groups is 1. The zero-order valence-electron chi connectivity index (χ0n) is 17.6. The van der Waals surface area contributed by atoms with Crippen LogP contribution in [0.3, 0.4) is 0 Å². The number of amides is 1. The van der Waals surface area contributed by atoms with E-state index in [1.807, 2.05) is 30.3 Å². The number of halogens is 1. The number of methoxy groups -OCH3 is 3. The SMILES string of the molecule is COCCCN1C(=O)C(=O)/C(=C(/O)c2cc(OC)c(Cl)cc2OC)C1c1ccccc1. The molecular weight excluding hydrogens is 422 g/mol. The molecule has 1 unspecified atom stereocenters. The molecule has 1 aliphatic heterocycles. The van der Waals surface area contributed by atoms with Crippen molar-refractivity contribution < 1.29 is 28.9 Å². The number of hydrogen-bond acceptors (Lipinski definition) is 6. The van der Waals surface area contributed by atoms with Crippen LogP contribution < -0.4 is 9.47 Å². The average Bonchev–Trinajstić information content (AvgIpc) is 3.04. The Balaban J connectivity index is 2.20. The third kappa shape index (κ3) is 4.38. The molecule has 0 saturated carbocycles. The van der Waals surface area contributed by atoms with Crippen LogP contribution in [0.25, 0.3) is 5.76 Å². The minimum absolute atomic E-state index is 0.0173. The van der Waals surface area contributed by atoms with E-state index >= 15 is 0 Å². The molecule has 1 atom stereocenters. The molecule has 1 N–H and O–H groups in total. The number of likely N-dealkylation sites (tertiary alicyclic amines) is 1.